The minimum Gasteiger partial charge on any atom is -0.333 e. The van der Waals surface area contributed by atoms with E-state index in [-0.39, 0.29) is 10.7 Å². The molecule has 2 heterocycles. The monoisotopic (exact) mass is 424 g/mol. The number of carbonyl (C=O) groups excluding carboxylic acids is 2. The van der Waals surface area contributed by atoms with Gasteiger partial charge in [-0.2, -0.15) is 0 Å². The van der Waals surface area contributed by atoms with E-state index >= 15 is 0 Å². The zero-order valence-electron chi connectivity index (χ0n) is 12.3. The number of imidazole rings is 1. The lowest BCUT2D eigenvalue weighted by Gasteiger charge is -2.28. The Hall–Kier alpha value is -2.03. The van der Waals surface area contributed by atoms with E-state index in [2.05, 4.69) is 26.2 Å². The molecule has 1 aliphatic rings. The number of halogens is 2. The van der Waals surface area contributed by atoms with Crippen molar-refractivity contribution in [3.05, 3.63) is 51.5 Å². The number of rotatable bonds is 2. The molecule has 122 valence electrons. The Morgan fingerprint density at radius 3 is 2.54 bits per heavy atom. The molecule has 0 atom stereocenters. The van der Waals surface area contributed by atoms with E-state index < -0.39 is 11.8 Å². The highest BCUT2D eigenvalue weighted by atomic mass is 79.9. The van der Waals surface area contributed by atoms with Gasteiger partial charge in [-0.3, -0.25) is 19.8 Å². The molecule has 1 fully saturated rings. The second-order valence-corrected chi connectivity index (χ2v) is 6.54. The van der Waals surface area contributed by atoms with E-state index in [1.54, 1.807) is 42.2 Å². The third-order valence-electron chi connectivity index (χ3n) is 3.40. The average Bonchev–Trinajstić information content (AvgIpc) is 2.84. The Balaban J connectivity index is 2.05. The second kappa shape index (κ2) is 6.46. The Labute approximate surface area is 156 Å². The molecule has 0 spiro atoms. The quantitative estimate of drug-likeness (QED) is 0.456. The van der Waals surface area contributed by atoms with Gasteiger partial charge < -0.3 is 4.57 Å². The molecule has 0 saturated carbocycles. The molecule has 0 radical (unpaired) electrons. The Kier molecular flexibility index (Phi) is 4.53. The maximum Gasteiger partial charge on any atom is 0.270 e. The molecule has 3 rings (SSSR count). The number of aromatic nitrogens is 2. The van der Waals surface area contributed by atoms with Crippen LogP contribution < -0.4 is 10.2 Å². The molecule has 1 saturated heterocycles. The van der Waals surface area contributed by atoms with Gasteiger partial charge in [0.05, 0.1) is 17.7 Å². The second-order valence-electron chi connectivity index (χ2n) is 4.97. The smallest absolute Gasteiger partial charge is 0.270 e. The summed E-state index contributed by atoms with van der Waals surface area (Å²) in [5.74, 6) is -1.07. The molecule has 1 aliphatic heterocycles. The minimum absolute atomic E-state index is 0.0218. The molecule has 1 aromatic heterocycles. The third-order valence-corrected chi connectivity index (χ3v) is 4.55. The first-order valence-electron chi connectivity index (χ1n) is 6.72. The van der Waals surface area contributed by atoms with Crippen LogP contribution in [0.1, 0.15) is 5.69 Å². The summed E-state index contributed by atoms with van der Waals surface area (Å²) in [5, 5.41) is 3.08. The number of aryl methyl sites for hydroxylation is 1. The van der Waals surface area contributed by atoms with E-state index in [4.69, 9.17) is 23.8 Å². The summed E-state index contributed by atoms with van der Waals surface area (Å²) in [7, 11) is 1.76. The predicted molar refractivity (Wildman–Crippen MR) is 98.6 cm³/mol. The SMILES string of the molecule is Cn1cnc(Br)c1/C=C1\C(=O)NC(=S)N(c2ccc(Cl)cc2)C1=O. The molecular weight excluding hydrogens is 416 g/mol. The van der Waals surface area contributed by atoms with Gasteiger partial charge in [-0.25, -0.2) is 4.98 Å². The van der Waals surface area contributed by atoms with Crippen molar-refractivity contribution in [2.24, 2.45) is 7.05 Å². The standard InChI is InChI=1S/C15H10BrClN4O2S/c1-20-7-18-12(16)11(20)6-10-13(22)19-15(24)21(14(10)23)9-4-2-8(17)3-5-9/h2-7H,1H3,(H,19,22,24)/b10-6+. The number of carbonyl (C=O) groups is 2. The van der Waals surface area contributed by atoms with Crippen LogP contribution in [0.25, 0.3) is 6.08 Å². The first-order valence-corrected chi connectivity index (χ1v) is 8.30. The van der Waals surface area contributed by atoms with Crippen molar-refractivity contribution in [1.82, 2.24) is 14.9 Å². The van der Waals surface area contributed by atoms with Gasteiger partial charge in [0, 0.05) is 12.1 Å². The van der Waals surface area contributed by atoms with Gasteiger partial charge in [0.15, 0.2) is 5.11 Å². The first kappa shape index (κ1) is 16.8. The molecule has 1 N–H and O–H groups in total. The van der Waals surface area contributed by atoms with Gasteiger partial charge >= 0.3 is 0 Å². The normalized spacial score (nSPS) is 16.7. The van der Waals surface area contributed by atoms with Crippen molar-refractivity contribution in [2.45, 2.75) is 0 Å². The van der Waals surface area contributed by atoms with Crippen molar-refractivity contribution >= 4 is 68.4 Å². The maximum atomic E-state index is 12.8. The number of benzene rings is 1. The zero-order chi connectivity index (χ0) is 17.4. The largest absolute Gasteiger partial charge is 0.333 e. The highest BCUT2D eigenvalue weighted by Gasteiger charge is 2.34. The minimum atomic E-state index is -0.552. The fourth-order valence-electron chi connectivity index (χ4n) is 2.19. The number of hydrogen-bond donors (Lipinski definition) is 1. The van der Waals surface area contributed by atoms with Gasteiger partial charge in [-0.15, -0.1) is 0 Å². The summed E-state index contributed by atoms with van der Waals surface area (Å²) in [6.07, 6.45) is 3.04. The molecule has 0 aliphatic carbocycles. The molecule has 0 unspecified atom stereocenters. The molecule has 2 amide bonds. The van der Waals surface area contributed by atoms with Crippen molar-refractivity contribution in [1.29, 1.82) is 0 Å². The van der Waals surface area contributed by atoms with Gasteiger partial charge in [0.25, 0.3) is 11.8 Å². The van der Waals surface area contributed by atoms with E-state index in [1.807, 2.05) is 0 Å². The number of nitrogens with zero attached hydrogens (tertiary/aromatic N) is 3. The van der Waals surface area contributed by atoms with Crippen molar-refractivity contribution in [3.8, 4) is 0 Å². The number of anilines is 1. The van der Waals surface area contributed by atoms with E-state index in [1.165, 1.54) is 11.0 Å². The van der Waals surface area contributed by atoms with Crippen LogP contribution in [0.4, 0.5) is 5.69 Å². The van der Waals surface area contributed by atoms with Gasteiger partial charge in [0.1, 0.15) is 10.2 Å². The van der Waals surface area contributed by atoms with E-state index in [0.29, 0.717) is 21.0 Å². The predicted octanol–water partition coefficient (Wildman–Crippen LogP) is 2.67. The summed E-state index contributed by atoms with van der Waals surface area (Å²) in [5.41, 5.74) is 1.07. The highest BCUT2D eigenvalue weighted by molar-refractivity contribution is 9.10. The van der Waals surface area contributed by atoms with Crippen LogP contribution in [-0.4, -0.2) is 26.5 Å². The first-order chi connectivity index (χ1) is 11.4. The van der Waals surface area contributed by atoms with Crippen LogP contribution in [-0.2, 0) is 16.6 Å². The summed E-state index contributed by atoms with van der Waals surface area (Å²) < 4.78 is 2.22. The Morgan fingerprint density at radius 2 is 1.96 bits per heavy atom. The third kappa shape index (κ3) is 3.00. The molecule has 6 nitrogen and oxygen atoms in total. The van der Waals surface area contributed by atoms with Crippen LogP contribution in [0.3, 0.4) is 0 Å². The van der Waals surface area contributed by atoms with Crippen LogP contribution >= 0.6 is 39.7 Å². The van der Waals surface area contributed by atoms with Crippen LogP contribution in [0, 0.1) is 0 Å². The van der Waals surface area contributed by atoms with Crippen molar-refractivity contribution in [2.75, 3.05) is 4.90 Å². The molecular formula is C15H10BrClN4O2S. The number of amides is 2. The van der Waals surface area contributed by atoms with Crippen molar-refractivity contribution in [3.63, 3.8) is 0 Å². The fourth-order valence-corrected chi connectivity index (χ4v) is 3.08. The van der Waals surface area contributed by atoms with Crippen molar-refractivity contribution < 1.29 is 9.59 Å². The number of nitrogens with one attached hydrogen (secondary N) is 1. The lowest BCUT2D eigenvalue weighted by molar-refractivity contribution is -0.122. The van der Waals surface area contributed by atoms with Crippen LogP contribution in [0.2, 0.25) is 5.02 Å². The van der Waals surface area contributed by atoms with Gasteiger partial charge in [-0.1, -0.05) is 11.6 Å². The van der Waals surface area contributed by atoms with E-state index in [0.717, 1.165) is 0 Å². The van der Waals surface area contributed by atoms with Gasteiger partial charge in [-0.05, 0) is 58.5 Å². The molecule has 2 aromatic rings. The Bertz CT molecular complexity index is 872. The number of thiocarbonyl (C=S) groups is 1. The van der Waals surface area contributed by atoms with Crippen LogP contribution in [0.15, 0.2) is 40.8 Å². The Morgan fingerprint density at radius 1 is 1.29 bits per heavy atom. The summed E-state index contributed by atoms with van der Waals surface area (Å²) in [6, 6.07) is 6.60. The highest BCUT2D eigenvalue weighted by Crippen LogP contribution is 2.25. The van der Waals surface area contributed by atoms with Crippen LogP contribution in [0.5, 0.6) is 0 Å². The zero-order valence-corrected chi connectivity index (χ0v) is 15.4. The lowest BCUT2D eigenvalue weighted by atomic mass is 10.1. The topological polar surface area (TPSA) is 67.2 Å². The fraction of sp³-hybridized carbons (Fsp3) is 0.0667. The van der Waals surface area contributed by atoms with E-state index in [9.17, 15) is 9.59 Å². The number of hydrogen-bond acceptors (Lipinski definition) is 4. The molecule has 24 heavy (non-hydrogen) atoms. The summed E-state index contributed by atoms with van der Waals surface area (Å²) in [6.45, 7) is 0. The maximum absolute atomic E-state index is 12.8. The average molecular weight is 426 g/mol. The molecule has 0 bridgehead atoms. The molecule has 9 heteroatoms. The van der Waals surface area contributed by atoms with Gasteiger partial charge in [0.2, 0.25) is 0 Å². The summed E-state index contributed by atoms with van der Waals surface area (Å²) in [4.78, 5) is 30.4. The molecule has 1 aromatic carbocycles. The summed E-state index contributed by atoms with van der Waals surface area (Å²) >= 11 is 14.3. The lowest BCUT2D eigenvalue weighted by Crippen LogP contribution is -2.54.